The Balaban J connectivity index is 1.24. The third kappa shape index (κ3) is 5.02. The lowest BCUT2D eigenvalue weighted by molar-refractivity contribution is 0.0853. The Morgan fingerprint density at radius 1 is 1.13 bits per heavy atom. The summed E-state index contributed by atoms with van der Waals surface area (Å²) in [5.41, 5.74) is 16.8. The van der Waals surface area contributed by atoms with E-state index in [1.54, 1.807) is 18.6 Å². The van der Waals surface area contributed by atoms with Crippen LogP contribution in [0.5, 0.6) is 0 Å². The van der Waals surface area contributed by atoms with Gasteiger partial charge in [-0.25, -0.2) is 9.67 Å². The van der Waals surface area contributed by atoms with Crippen molar-refractivity contribution in [2.24, 2.45) is 11.7 Å². The molecule has 0 saturated carbocycles. The summed E-state index contributed by atoms with van der Waals surface area (Å²) in [5.74, 6) is 0.255. The number of nitrogen functional groups attached to an aromatic ring is 1. The number of carbonyl (C=O) groups is 1. The molecule has 0 spiro atoms. The molecule has 2 saturated heterocycles. The van der Waals surface area contributed by atoms with Crippen LogP contribution in [0.4, 0.5) is 17.1 Å². The lowest BCUT2D eigenvalue weighted by atomic mass is 9.90. The fraction of sp³-hybridized carbons (Fsp3) is 0.393. The maximum Gasteiger partial charge on any atom is 0.276 e. The van der Waals surface area contributed by atoms with E-state index in [0.29, 0.717) is 23.8 Å². The Kier molecular flexibility index (Phi) is 6.84. The van der Waals surface area contributed by atoms with Crippen LogP contribution in [0.25, 0.3) is 10.9 Å². The summed E-state index contributed by atoms with van der Waals surface area (Å²) in [5, 5.41) is 12.0. The van der Waals surface area contributed by atoms with Gasteiger partial charge in [-0.05, 0) is 48.4 Å². The lowest BCUT2D eigenvalue weighted by Gasteiger charge is -2.42. The monoisotopic (exact) mass is 527 g/mol. The first kappa shape index (κ1) is 25.2. The molecule has 0 bridgehead atoms. The summed E-state index contributed by atoms with van der Waals surface area (Å²) in [6.45, 7) is 5.00. The molecule has 11 heteroatoms. The zero-order valence-electron chi connectivity index (χ0n) is 21.9. The van der Waals surface area contributed by atoms with Crippen molar-refractivity contribution in [2.75, 3.05) is 42.3 Å². The minimum Gasteiger partial charge on any atom is -0.397 e. The van der Waals surface area contributed by atoms with Crippen LogP contribution in [-0.2, 0) is 4.74 Å². The van der Waals surface area contributed by atoms with E-state index in [1.807, 2.05) is 29.1 Å². The standard InChI is InChI=1S/C28H33N9O2/c1-17-15-36(16-22(30)27(17)37-9-8-32-35-37)25-4-7-31-14-24(25)34-28(38)26-21(29)12-20-3-2-19(13-23(20)33-26)18-5-10-39-11-6-18/h2-4,7-9,12-14,17-18,22,27H,5-6,10-11,15-16,29-30H2,1H3,(H,34,38)/t17-,22+,27-/m0/s1. The van der Waals surface area contributed by atoms with E-state index in [1.165, 1.54) is 5.56 Å². The highest BCUT2D eigenvalue weighted by Crippen LogP contribution is 2.34. The number of piperidine rings is 1. The number of hydrogen-bond acceptors (Lipinski definition) is 9. The van der Waals surface area contributed by atoms with E-state index >= 15 is 0 Å². The van der Waals surface area contributed by atoms with Crippen LogP contribution in [0.1, 0.15) is 47.8 Å². The summed E-state index contributed by atoms with van der Waals surface area (Å²) >= 11 is 0. The second-order valence-corrected chi connectivity index (χ2v) is 10.5. The zero-order chi connectivity index (χ0) is 26.9. The minimum atomic E-state index is -0.380. The van der Waals surface area contributed by atoms with Crippen LogP contribution < -0.4 is 21.7 Å². The van der Waals surface area contributed by atoms with E-state index in [4.69, 9.17) is 21.2 Å². The summed E-state index contributed by atoms with van der Waals surface area (Å²) in [4.78, 5) is 24.6. The van der Waals surface area contributed by atoms with Gasteiger partial charge in [-0.1, -0.05) is 24.3 Å². The average Bonchev–Trinajstić information content (AvgIpc) is 3.47. The van der Waals surface area contributed by atoms with Gasteiger partial charge in [0, 0.05) is 50.1 Å². The Morgan fingerprint density at radius 3 is 2.74 bits per heavy atom. The number of nitrogens with zero attached hydrogens (tertiary/aromatic N) is 6. The third-order valence-electron chi connectivity index (χ3n) is 7.87. The number of pyridine rings is 2. The highest BCUT2D eigenvalue weighted by atomic mass is 16.5. The Hall–Kier alpha value is -4.09. The van der Waals surface area contributed by atoms with Gasteiger partial charge >= 0.3 is 0 Å². The number of nitrogens with one attached hydrogen (secondary N) is 1. The predicted octanol–water partition coefficient (Wildman–Crippen LogP) is 2.97. The van der Waals surface area contributed by atoms with Crippen molar-refractivity contribution >= 4 is 33.9 Å². The largest absolute Gasteiger partial charge is 0.397 e. The number of rotatable bonds is 5. The fourth-order valence-electron chi connectivity index (χ4n) is 5.95. The second kappa shape index (κ2) is 10.6. The van der Waals surface area contributed by atoms with Crippen LogP contribution in [0.15, 0.2) is 55.1 Å². The Morgan fingerprint density at radius 2 is 1.97 bits per heavy atom. The van der Waals surface area contributed by atoms with E-state index < -0.39 is 0 Å². The van der Waals surface area contributed by atoms with Gasteiger partial charge in [-0.3, -0.25) is 9.78 Å². The summed E-state index contributed by atoms with van der Waals surface area (Å²) in [7, 11) is 0. The van der Waals surface area contributed by atoms with Gasteiger partial charge in [0.15, 0.2) is 5.69 Å². The molecule has 3 atom stereocenters. The number of benzene rings is 1. The maximum absolute atomic E-state index is 13.5. The molecule has 5 N–H and O–H groups in total. The number of aromatic nitrogens is 5. The van der Waals surface area contributed by atoms with Gasteiger partial charge in [0.05, 0.1) is 41.0 Å². The molecule has 6 rings (SSSR count). The highest BCUT2D eigenvalue weighted by molar-refractivity contribution is 6.09. The van der Waals surface area contributed by atoms with Gasteiger partial charge in [0.2, 0.25) is 0 Å². The number of ether oxygens (including phenoxy) is 1. The van der Waals surface area contributed by atoms with E-state index in [9.17, 15) is 4.79 Å². The van der Waals surface area contributed by atoms with Gasteiger partial charge in [-0.2, -0.15) is 0 Å². The van der Waals surface area contributed by atoms with Crippen LogP contribution in [0, 0.1) is 5.92 Å². The molecule has 3 aromatic heterocycles. The smallest absolute Gasteiger partial charge is 0.276 e. The fourth-order valence-corrected chi connectivity index (χ4v) is 5.95. The Labute approximate surface area is 226 Å². The lowest BCUT2D eigenvalue weighted by Crippen LogP contribution is -2.53. The van der Waals surface area contributed by atoms with Gasteiger partial charge < -0.3 is 26.4 Å². The number of hydrogen-bond donors (Lipinski definition) is 3. The highest BCUT2D eigenvalue weighted by Gasteiger charge is 2.35. The SMILES string of the molecule is C[C@H]1CN(c2ccncc2NC(=O)c2nc3cc(C4CCOCC4)ccc3cc2N)C[C@@H](N)[C@H]1n1ccnn1. The summed E-state index contributed by atoms with van der Waals surface area (Å²) in [6, 6.07) is 9.79. The van der Waals surface area contributed by atoms with E-state index in [-0.39, 0.29) is 29.6 Å². The van der Waals surface area contributed by atoms with E-state index in [2.05, 4.69) is 44.6 Å². The minimum absolute atomic E-state index is 0.0382. The molecule has 5 heterocycles. The number of nitrogens with two attached hydrogens (primary N) is 2. The van der Waals surface area contributed by atoms with Crippen molar-refractivity contribution < 1.29 is 9.53 Å². The molecule has 0 aliphatic carbocycles. The van der Waals surface area contributed by atoms with Crippen LogP contribution in [0.2, 0.25) is 0 Å². The summed E-state index contributed by atoms with van der Waals surface area (Å²) < 4.78 is 7.35. The molecule has 2 aliphatic heterocycles. The van der Waals surface area contributed by atoms with Gasteiger partial charge in [0.1, 0.15) is 0 Å². The third-order valence-corrected chi connectivity index (χ3v) is 7.87. The first-order chi connectivity index (χ1) is 19.0. The number of amides is 1. The normalized spacial score (nSPS) is 22.2. The van der Waals surface area contributed by atoms with Crippen molar-refractivity contribution in [1.82, 2.24) is 25.0 Å². The molecule has 1 amide bonds. The van der Waals surface area contributed by atoms with Crippen LogP contribution >= 0.6 is 0 Å². The molecule has 0 radical (unpaired) electrons. The molecule has 0 unspecified atom stereocenters. The number of fused-ring (bicyclic) bond motifs is 1. The van der Waals surface area contributed by atoms with Crippen molar-refractivity contribution in [3.05, 3.63) is 66.4 Å². The second-order valence-electron chi connectivity index (χ2n) is 10.5. The first-order valence-corrected chi connectivity index (χ1v) is 13.4. The quantitative estimate of drug-likeness (QED) is 0.356. The molecule has 2 fully saturated rings. The topological polar surface area (TPSA) is 150 Å². The molecule has 11 nitrogen and oxygen atoms in total. The number of anilines is 3. The van der Waals surface area contributed by atoms with Gasteiger partial charge in [-0.15, -0.1) is 5.10 Å². The van der Waals surface area contributed by atoms with Gasteiger partial charge in [0.25, 0.3) is 5.91 Å². The number of carbonyl (C=O) groups excluding carboxylic acids is 1. The van der Waals surface area contributed by atoms with Crippen molar-refractivity contribution in [3.63, 3.8) is 0 Å². The molecular weight excluding hydrogens is 494 g/mol. The van der Waals surface area contributed by atoms with Crippen LogP contribution in [0.3, 0.4) is 0 Å². The molecule has 2 aliphatic rings. The summed E-state index contributed by atoms with van der Waals surface area (Å²) in [6.07, 6.45) is 8.84. The predicted molar refractivity (Wildman–Crippen MR) is 150 cm³/mol. The maximum atomic E-state index is 13.5. The molecule has 39 heavy (non-hydrogen) atoms. The van der Waals surface area contributed by atoms with Crippen LogP contribution in [-0.4, -0.2) is 63.2 Å². The molecule has 1 aromatic carbocycles. The molecule has 202 valence electrons. The molecular formula is C28H33N9O2. The van der Waals surface area contributed by atoms with E-state index in [0.717, 1.165) is 49.2 Å². The van der Waals surface area contributed by atoms with Crippen molar-refractivity contribution in [2.45, 2.75) is 37.8 Å². The average molecular weight is 528 g/mol. The first-order valence-electron chi connectivity index (χ1n) is 13.4. The zero-order valence-corrected chi connectivity index (χ0v) is 21.9. The van der Waals surface area contributed by atoms with Crippen molar-refractivity contribution in [1.29, 1.82) is 0 Å². The van der Waals surface area contributed by atoms with Crippen molar-refractivity contribution in [3.8, 4) is 0 Å². The Bertz CT molecular complexity index is 1460. The molecule has 4 aromatic rings.